The van der Waals surface area contributed by atoms with Gasteiger partial charge in [0.25, 0.3) is 0 Å². The highest BCUT2D eigenvalue weighted by molar-refractivity contribution is 6.77. The predicted octanol–water partition coefficient (Wildman–Crippen LogP) is 1.24. The number of carbonyl (C=O) groups is 2. The molecule has 0 aromatic rings. The third kappa shape index (κ3) is 21.3. The van der Waals surface area contributed by atoms with Gasteiger partial charge in [0.05, 0.1) is 26.4 Å². The molecule has 0 bridgehead atoms. The average molecular weight is 634 g/mol. The molecule has 0 aromatic heterocycles. The molecule has 0 rings (SSSR count). The van der Waals surface area contributed by atoms with E-state index >= 15 is 0 Å². The van der Waals surface area contributed by atoms with Crippen LogP contribution in [0.1, 0.15) is 52.4 Å². The van der Waals surface area contributed by atoms with Crippen molar-refractivity contribution in [2.75, 3.05) is 112 Å². The van der Waals surface area contributed by atoms with Crippen molar-refractivity contribution in [3.8, 4) is 0 Å². The molecule has 4 N–H and O–H groups in total. The Bertz CT molecular complexity index is 694. The van der Waals surface area contributed by atoms with E-state index in [4.69, 9.17) is 0 Å². The summed E-state index contributed by atoms with van der Waals surface area (Å²) in [5, 5.41) is 37.0. The maximum atomic E-state index is 12.7. The van der Waals surface area contributed by atoms with Crippen LogP contribution in [0.2, 0.25) is 25.2 Å². The van der Waals surface area contributed by atoms with Crippen LogP contribution in [0.4, 0.5) is 0 Å². The predicted molar refractivity (Wildman–Crippen MR) is 178 cm³/mol. The Morgan fingerprint density at radius 3 is 1.44 bits per heavy atom. The third-order valence-corrected chi connectivity index (χ3v) is 11.6. The van der Waals surface area contributed by atoms with Gasteiger partial charge in [-0.25, -0.2) is 0 Å². The largest absolute Gasteiger partial charge is 0.395 e. The third-order valence-electron chi connectivity index (χ3n) is 8.14. The first-order valence-corrected chi connectivity index (χ1v) is 20.1. The molecule has 0 saturated heterocycles. The second-order valence-electron chi connectivity index (χ2n) is 12.5. The molecular weight excluding hydrogens is 566 g/mol. The molecular formula is C31H67N5O6Si. The van der Waals surface area contributed by atoms with Crippen molar-refractivity contribution in [1.29, 1.82) is 0 Å². The Morgan fingerprint density at radius 1 is 0.535 bits per heavy atom. The maximum Gasteiger partial charge on any atom is 0.224 e. The fourth-order valence-electron chi connectivity index (χ4n) is 5.32. The number of amides is 2. The number of nitrogens with zero attached hydrogens (tertiary/aromatic N) is 5. The zero-order valence-electron chi connectivity index (χ0n) is 28.3. The Hall–Kier alpha value is -1.12. The fraction of sp³-hybridized carbons (Fsp3) is 0.935. The summed E-state index contributed by atoms with van der Waals surface area (Å²) in [5.41, 5.74) is 0. The van der Waals surface area contributed by atoms with Gasteiger partial charge < -0.3 is 44.9 Å². The summed E-state index contributed by atoms with van der Waals surface area (Å²) in [7, 11) is 0.840. The van der Waals surface area contributed by atoms with Crippen molar-refractivity contribution < 1.29 is 30.0 Å². The van der Waals surface area contributed by atoms with Gasteiger partial charge in [0.2, 0.25) is 11.8 Å². The van der Waals surface area contributed by atoms with Crippen molar-refractivity contribution in [2.45, 2.75) is 77.6 Å². The van der Waals surface area contributed by atoms with E-state index in [9.17, 15) is 30.0 Å². The van der Waals surface area contributed by atoms with Gasteiger partial charge in [-0.05, 0) is 33.0 Å². The highest BCUT2D eigenvalue weighted by atomic mass is 28.3. The summed E-state index contributed by atoms with van der Waals surface area (Å²) < 4.78 is 0. The topological polar surface area (TPSA) is 131 Å². The van der Waals surface area contributed by atoms with Crippen LogP contribution >= 0.6 is 0 Å². The van der Waals surface area contributed by atoms with Crippen molar-refractivity contribution >= 4 is 19.9 Å². The second-order valence-corrected chi connectivity index (χ2v) is 17.8. The molecule has 0 unspecified atom stereocenters. The number of aliphatic hydroxyl groups is 4. The zero-order chi connectivity index (χ0) is 32.5. The lowest BCUT2D eigenvalue weighted by atomic mass is 10.3. The zero-order valence-corrected chi connectivity index (χ0v) is 29.3. The van der Waals surface area contributed by atoms with Crippen LogP contribution in [0.15, 0.2) is 0 Å². The highest BCUT2D eigenvalue weighted by Gasteiger charge is 2.21. The van der Waals surface area contributed by atoms with E-state index in [2.05, 4.69) is 41.6 Å². The van der Waals surface area contributed by atoms with E-state index in [0.29, 0.717) is 25.9 Å². The molecule has 0 aromatic carbocycles. The lowest BCUT2D eigenvalue weighted by Crippen LogP contribution is -2.42. The van der Waals surface area contributed by atoms with E-state index in [0.717, 1.165) is 45.7 Å². The van der Waals surface area contributed by atoms with Crippen LogP contribution < -0.4 is 0 Å². The molecule has 11 nitrogen and oxygen atoms in total. The molecule has 0 atom stereocenters. The van der Waals surface area contributed by atoms with E-state index < -0.39 is 8.07 Å². The molecule has 0 saturated carbocycles. The van der Waals surface area contributed by atoms with Crippen molar-refractivity contribution in [2.24, 2.45) is 0 Å². The molecule has 0 aliphatic rings. The summed E-state index contributed by atoms with van der Waals surface area (Å²) in [6.07, 6.45) is 5.49. The van der Waals surface area contributed by atoms with Crippen LogP contribution in [0, 0.1) is 0 Å². The number of unbranched alkanes of at least 4 members (excludes halogenated alkanes) is 1. The Kier molecular flexibility index (Phi) is 25.4. The maximum absolute atomic E-state index is 12.7. The number of hydrogen-bond donors (Lipinski definition) is 4. The van der Waals surface area contributed by atoms with Gasteiger partial charge in [-0.2, -0.15) is 0 Å². The fourth-order valence-corrected chi connectivity index (χ4v) is 7.99. The van der Waals surface area contributed by atoms with Gasteiger partial charge in [-0.3, -0.25) is 9.59 Å². The molecule has 0 spiro atoms. The van der Waals surface area contributed by atoms with Crippen LogP contribution in [0.5, 0.6) is 0 Å². The highest BCUT2D eigenvalue weighted by Crippen LogP contribution is 2.20. The second kappa shape index (κ2) is 26.1. The summed E-state index contributed by atoms with van der Waals surface area (Å²) in [4.78, 5) is 35.4. The van der Waals surface area contributed by atoms with Gasteiger partial charge >= 0.3 is 0 Å². The Labute approximate surface area is 263 Å². The van der Waals surface area contributed by atoms with Gasteiger partial charge in [0, 0.05) is 86.4 Å². The first-order valence-electron chi connectivity index (χ1n) is 16.7. The first-order chi connectivity index (χ1) is 20.6. The van der Waals surface area contributed by atoms with Crippen molar-refractivity contribution in [3.63, 3.8) is 0 Å². The lowest BCUT2D eigenvalue weighted by molar-refractivity contribution is -0.133. The molecule has 2 amide bonds. The monoisotopic (exact) mass is 633 g/mol. The average Bonchev–Trinajstić information content (AvgIpc) is 2.97. The van der Waals surface area contributed by atoms with E-state index in [1.54, 1.807) is 0 Å². The first kappa shape index (κ1) is 41.9. The smallest absolute Gasteiger partial charge is 0.224 e. The van der Waals surface area contributed by atoms with E-state index in [1.165, 1.54) is 41.2 Å². The minimum Gasteiger partial charge on any atom is -0.395 e. The standard InChI is InChI=1S/C31H67N5O6Si/c1-6-8-28-43(4,5)29-9-13-34(17-16-32(3)14-10-30(41)35(20-24-37)21-25-38)19-18-33(12-7-2)15-11-31(42)36(22-26-39)23-27-40/h37-40H,6-29H2,1-5H3. The Balaban J connectivity index is 5.14. The lowest BCUT2D eigenvalue weighted by Gasteiger charge is -2.31. The minimum absolute atomic E-state index is 0.0342. The summed E-state index contributed by atoms with van der Waals surface area (Å²) in [6, 6.07) is 2.70. The molecule has 12 heteroatoms. The molecule has 0 aliphatic carbocycles. The van der Waals surface area contributed by atoms with Crippen molar-refractivity contribution in [3.05, 3.63) is 0 Å². The van der Waals surface area contributed by atoms with Crippen LogP contribution in [0.3, 0.4) is 0 Å². The number of likely N-dealkylation sites (N-methyl/N-ethyl adjacent to an activating group) is 1. The van der Waals surface area contributed by atoms with Crippen molar-refractivity contribution in [1.82, 2.24) is 24.5 Å². The van der Waals surface area contributed by atoms with Gasteiger partial charge in [0.1, 0.15) is 0 Å². The van der Waals surface area contributed by atoms with Gasteiger partial charge in [0.15, 0.2) is 0 Å². The molecule has 0 heterocycles. The minimum atomic E-state index is -1.20. The number of carbonyl (C=O) groups excluding carboxylic acids is 2. The van der Waals surface area contributed by atoms with Crippen LogP contribution in [0.25, 0.3) is 0 Å². The molecule has 0 fully saturated rings. The molecule has 256 valence electrons. The van der Waals surface area contributed by atoms with E-state index in [-0.39, 0.29) is 64.4 Å². The van der Waals surface area contributed by atoms with Crippen LogP contribution in [-0.2, 0) is 9.59 Å². The number of aliphatic hydroxyl groups excluding tert-OH is 4. The van der Waals surface area contributed by atoms with Crippen LogP contribution in [-0.4, -0.2) is 177 Å². The molecule has 0 radical (unpaired) electrons. The number of hydrogen-bond acceptors (Lipinski definition) is 9. The number of rotatable bonds is 29. The summed E-state index contributed by atoms with van der Waals surface area (Å²) >= 11 is 0. The molecule has 0 aliphatic heterocycles. The molecule has 43 heavy (non-hydrogen) atoms. The van der Waals surface area contributed by atoms with E-state index in [1.807, 2.05) is 7.05 Å². The normalized spacial score (nSPS) is 12.1. The quantitative estimate of drug-likeness (QED) is 0.0899. The summed E-state index contributed by atoms with van der Waals surface area (Å²) in [5.74, 6) is -0.0829. The van der Waals surface area contributed by atoms with Gasteiger partial charge in [-0.1, -0.05) is 51.9 Å². The SMILES string of the molecule is CCCC[Si](C)(C)CCCN(CCN(C)CCC(=O)N(CCO)CCO)CCN(CCC)CCC(=O)N(CCO)CCO. The Morgan fingerprint density at radius 2 is 0.977 bits per heavy atom. The van der Waals surface area contributed by atoms with Gasteiger partial charge in [-0.15, -0.1) is 0 Å². The summed E-state index contributed by atoms with van der Waals surface area (Å²) in [6.45, 7) is 16.7.